The van der Waals surface area contributed by atoms with Crippen molar-refractivity contribution in [2.45, 2.75) is 6.42 Å². The van der Waals surface area contributed by atoms with Gasteiger partial charge >= 0.3 is 6.03 Å². The fourth-order valence-electron chi connectivity index (χ4n) is 4.95. The van der Waals surface area contributed by atoms with Gasteiger partial charge in [-0.15, -0.1) is 11.3 Å². The van der Waals surface area contributed by atoms with Crippen LogP contribution >= 0.6 is 11.3 Å². The highest BCUT2D eigenvalue weighted by atomic mass is 32.1. The summed E-state index contributed by atoms with van der Waals surface area (Å²) < 4.78 is 6.30. The summed E-state index contributed by atoms with van der Waals surface area (Å²) in [6.07, 6.45) is 4.52. The Hall–Kier alpha value is -3.54. The standard InChI is InChI=1S/C26H30N8O2S/c1-36-13-12-32-8-10-34(11-9-32)26(35)33-6-4-18(5-7-33)22-15-20-24(27-16-28-25(20)31-22)30-19-2-3-21-23(14-19)37-17-29-21/h2-4,14-17H,5-13H2,1H3,(H2,27,28,30,31). The first-order valence-corrected chi connectivity index (χ1v) is 13.4. The molecule has 0 radical (unpaired) electrons. The van der Waals surface area contributed by atoms with Crippen molar-refractivity contribution in [2.24, 2.45) is 0 Å². The van der Waals surface area contributed by atoms with Crippen molar-refractivity contribution in [1.82, 2.24) is 34.6 Å². The molecule has 10 nitrogen and oxygen atoms in total. The first-order chi connectivity index (χ1) is 18.2. The number of carbonyl (C=O) groups excluding carboxylic acids is 1. The number of H-pyrrole nitrogens is 1. The molecule has 37 heavy (non-hydrogen) atoms. The smallest absolute Gasteiger partial charge is 0.320 e. The van der Waals surface area contributed by atoms with Crippen molar-refractivity contribution in [3.05, 3.63) is 47.9 Å². The van der Waals surface area contributed by atoms with Gasteiger partial charge in [-0.2, -0.15) is 0 Å². The van der Waals surface area contributed by atoms with E-state index >= 15 is 0 Å². The number of hydrogen-bond acceptors (Lipinski definition) is 8. The number of fused-ring (bicyclic) bond motifs is 2. The second-order valence-electron chi connectivity index (χ2n) is 9.36. The number of piperazine rings is 1. The van der Waals surface area contributed by atoms with E-state index in [1.165, 1.54) is 5.57 Å². The highest BCUT2D eigenvalue weighted by molar-refractivity contribution is 7.16. The molecular weight excluding hydrogens is 488 g/mol. The Morgan fingerprint density at radius 3 is 2.81 bits per heavy atom. The third kappa shape index (κ3) is 5.02. The third-order valence-electron chi connectivity index (χ3n) is 7.10. The number of nitrogens with zero attached hydrogens (tertiary/aromatic N) is 6. The highest BCUT2D eigenvalue weighted by Gasteiger charge is 2.26. The van der Waals surface area contributed by atoms with Crippen molar-refractivity contribution in [3.63, 3.8) is 0 Å². The second kappa shape index (κ2) is 10.4. The van der Waals surface area contributed by atoms with Crippen LogP contribution in [0.2, 0.25) is 0 Å². The molecule has 6 rings (SSSR count). The van der Waals surface area contributed by atoms with Gasteiger partial charge in [-0.3, -0.25) is 4.90 Å². The number of methoxy groups -OCH3 is 1. The first-order valence-electron chi connectivity index (χ1n) is 12.6. The number of thiazole rings is 1. The zero-order chi connectivity index (χ0) is 25.2. The van der Waals surface area contributed by atoms with Gasteiger partial charge < -0.3 is 24.8 Å². The van der Waals surface area contributed by atoms with Crippen molar-refractivity contribution >= 4 is 55.7 Å². The van der Waals surface area contributed by atoms with Gasteiger partial charge in [0.2, 0.25) is 0 Å². The van der Waals surface area contributed by atoms with E-state index < -0.39 is 0 Å². The van der Waals surface area contributed by atoms with Crippen LogP contribution in [0.1, 0.15) is 12.1 Å². The predicted octanol–water partition coefficient (Wildman–Crippen LogP) is 3.78. The fourth-order valence-corrected chi connectivity index (χ4v) is 5.67. The zero-order valence-electron chi connectivity index (χ0n) is 20.8. The minimum Gasteiger partial charge on any atom is -0.383 e. The number of nitrogens with one attached hydrogen (secondary N) is 2. The molecule has 3 aromatic heterocycles. The van der Waals surface area contributed by atoms with Crippen LogP contribution in [0.15, 0.2) is 42.2 Å². The Kier molecular flexibility index (Phi) is 6.73. The van der Waals surface area contributed by atoms with E-state index in [0.717, 1.165) is 84.2 Å². The number of ether oxygens (including phenoxy) is 1. The largest absolute Gasteiger partial charge is 0.383 e. The summed E-state index contributed by atoms with van der Waals surface area (Å²) in [5, 5.41) is 4.37. The number of hydrogen-bond donors (Lipinski definition) is 2. The minimum atomic E-state index is 0.133. The monoisotopic (exact) mass is 518 g/mol. The summed E-state index contributed by atoms with van der Waals surface area (Å²) in [5.41, 5.74) is 6.82. The number of benzene rings is 1. The molecular formula is C26H30N8O2S. The summed E-state index contributed by atoms with van der Waals surface area (Å²) >= 11 is 1.62. The van der Waals surface area contributed by atoms with Gasteiger partial charge in [-0.05, 0) is 36.3 Å². The molecule has 2 N–H and O–H groups in total. The highest BCUT2D eigenvalue weighted by Crippen LogP contribution is 2.30. The lowest BCUT2D eigenvalue weighted by atomic mass is 10.0. The van der Waals surface area contributed by atoms with Crippen molar-refractivity contribution in [1.29, 1.82) is 0 Å². The summed E-state index contributed by atoms with van der Waals surface area (Å²) in [5.74, 6) is 0.759. The van der Waals surface area contributed by atoms with E-state index in [9.17, 15) is 4.79 Å². The molecule has 2 amide bonds. The lowest BCUT2D eigenvalue weighted by molar-refractivity contribution is 0.0938. The maximum absolute atomic E-state index is 13.1. The fraction of sp³-hybridized carbons (Fsp3) is 0.385. The van der Waals surface area contributed by atoms with Crippen LogP contribution in [0, 0.1) is 0 Å². The molecule has 0 unspecified atom stereocenters. The maximum Gasteiger partial charge on any atom is 0.320 e. The number of rotatable bonds is 6. The summed E-state index contributed by atoms with van der Waals surface area (Å²) in [6.45, 7) is 6.29. The molecule has 4 aromatic rings. The molecule has 2 aliphatic heterocycles. The molecule has 2 aliphatic rings. The maximum atomic E-state index is 13.1. The molecule has 1 saturated heterocycles. The normalized spacial score (nSPS) is 16.9. The van der Waals surface area contributed by atoms with Gasteiger partial charge in [0.1, 0.15) is 17.8 Å². The molecule has 0 aliphatic carbocycles. The molecule has 0 atom stereocenters. The predicted molar refractivity (Wildman–Crippen MR) is 146 cm³/mol. The number of amides is 2. The van der Waals surface area contributed by atoms with E-state index in [4.69, 9.17) is 4.74 Å². The zero-order valence-corrected chi connectivity index (χ0v) is 21.6. The van der Waals surface area contributed by atoms with E-state index in [-0.39, 0.29) is 6.03 Å². The summed E-state index contributed by atoms with van der Waals surface area (Å²) in [7, 11) is 1.72. The van der Waals surface area contributed by atoms with Gasteiger partial charge in [-0.25, -0.2) is 19.7 Å². The van der Waals surface area contributed by atoms with E-state index in [1.54, 1.807) is 24.8 Å². The Bertz CT molecular complexity index is 1440. The van der Waals surface area contributed by atoms with Crippen LogP contribution < -0.4 is 5.32 Å². The van der Waals surface area contributed by atoms with Crippen LogP contribution in [0.3, 0.4) is 0 Å². The van der Waals surface area contributed by atoms with E-state index in [2.05, 4.69) is 48.4 Å². The molecule has 192 valence electrons. The molecule has 1 fully saturated rings. The number of aromatic nitrogens is 4. The van der Waals surface area contributed by atoms with Crippen molar-refractivity contribution in [2.75, 3.05) is 64.8 Å². The Morgan fingerprint density at radius 2 is 2.00 bits per heavy atom. The van der Waals surface area contributed by atoms with Crippen molar-refractivity contribution in [3.8, 4) is 0 Å². The van der Waals surface area contributed by atoms with Crippen LogP contribution in [0.4, 0.5) is 16.3 Å². The molecule has 11 heteroatoms. The van der Waals surface area contributed by atoms with Crippen LogP contribution in [0.5, 0.6) is 0 Å². The molecule has 5 heterocycles. The van der Waals surface area contributed by atoms with Gasteiger partial charge in [0.15, 0.2) is 0 Å². The van der Waals surface area contributed by atoms with Gasteiger partial charge in [0.25, 0.3) is 0 Å². The Labute approximate surface area is 219 Å². The van der Waals surface area contributed by atoms with Crippen LogP contribution in [-0.2, 0) is 4.74 Å². The number of urea groups is 1. The average molecular weight is 519 g/mol. The lowest BCUT2D eigenvalue weighted by Gasteiger charge is -2.38. The molecule has 1 aromatic carbocycles. The SMILES string of the molecule is COCCN1CCN(C(=O)N2CC=C(c3cc4c(Nc5ccc6ncsc6c5)ncnc4[nH]3)CC2)CC1. The Morgan fingerprint density at radius 1 is 1.11 bits per heavy atom. The first kappa shape index (κ1) is 23.8. The van der Waals surface area contributed by atoms with Crippen LogP contribution in [-0.4, -0.2) is 100 Å². The third-order valence-corrected chi connectivity index (χ3v) is 7.89. The minimum absolute atomic E-state index is 0.133. The molecule has 0 spiro atoms. The van der Waals surface area contributed by atoms with E-state index in [1.807, 2.05) is 27.4 Å². The number of carbonyl (C=O) groups is 1. The average Bonchev–Trinajstić information content (AvgIpc) is 3.59. The second-order valence-corrected chi connectivity index (χ2v) is 10.2. The topological polar surface area (TPSA) is 103 Å². The summed E-state index contributed by atoms with van der Waals surface area (Å²) in [4.78, 5) is 36.1. The Balaban J connectivity index is 1.12. The molecule has 0 bridgehead atoms. The van der Waals surface area contributed by atoms with Gasteiger partial charge in [0, 0.05) is 64.3 Å². The molecule has 0 saturated carbocycles. The van der Waals surface area contributed by atoms with Gasteiger partial charge in [0.05, 0.1) is 27.7 Å². The lowest BCUT2D eigenvalue weighted by Crippen LogP contribution is -2.53. The van der Waals surface area contributed by atoms with E-state index in [0.29, 0.717) is 13.1 Å². The van der Waals surface area contributed by atoms with Gasteiger partial charge in [-0.1, -0.05) is 6.08 Å². The number of aromatic amines is 1. The van der Waals surface area contributed by atoms with Crippen LogP contribution in [0.25, 0.3) is 26.8 Å². The number of anilines is 2. The quantitative estimate of drug-likeness (QED) is 0.400. The summed E-state index contributed by atoms with van der Waals surface area (Å²) in [6, 6.07) is 8.34. The van der Waals surface area contributed by atoms with Crippen molar-refractivity contribution < 1.29 is 9.53 Å².